The van der Waals surface area contributed by atoms with Crippen LogP contribution in [0.3, 0.4) is 0 Å². The molecule has 50 heavy (non-hydrogen) atoms. The lowest BCUT2D eigenvalue weighted by molar-refractivity contribution is -0.329. The smallest absolute Gasteiger partial charge is 0.373 e. The minimum atomic E-state index is -1.89. The molecule has 0 bridgehead atoms. The lowest BCUT2D eigenvalue weighted by atomic mass is 9.76. The van der Waals surface area contributed by atoms with E-state index in [1.54, 1.807) is 26.0 Å². The number of methoxy groups -OCH3 is 2. The fourth-order valence-corrected chi connectivity index (χ4v) is 7.00. The second-order valence-corrected chi connectivity index (χ2v) is 14.6. The predicted octanol–water partition coefficient (Wildman–Crippen LogP) is 5.99. The summed E-state index contributed by atoms with van der Waals surface area (Å²) in [5.74, 6) is -5.49. The van der Waals surface area contributed by atoms with Crippen LogP contribution in [0.15, 0.2) is 72.1 Å². The number of hydrogen-bond acceptors (Lipinski definition) is 10. The van der Waals surface area contributed by atoms with E-state index >= 15 is 0 Å². The molecular formula is C40H62O10. The molecule has 3 N–H and O–H groups in total. The number of esters is 2. The van der Waals surface area contributed by atoms with Crippen LogP contribution in [0.25, 0.3) is 0 Å². The van der Waals surface area contributed by atoms with Gasteiger partial charge in [0.05, 0.1) is 25.4 Å². The minimum Gasteiger partial charge on any atom is -0.490 e. The third kappa shape index (κ3) is 11.5. The molecule has 0 aromatic heterocycles. The van der Waals surface area contributed by atoms with Crippen molar-refractivity contribution in [2.75, 3.05) is 14.2 Å². The van der Waals surface area contributed by atoms with Gasteiger partial charge < -0.3 is 39.0 Å². The Morgan fingerprint density at radius 2 is 1.78 bits per heavy atom. The fourth-order valence-electron chi connectivity index (χ4n) is 7.00. The summed E-state index contributed by atoms with van der Waals surface area (Å²) in [5, 5.41) is 35.0. The first-order valence-corrected chi connectivity index (χ1v) is 17.7. The zero-order valence-corrected chi connectivity index (χ0v) is 31.9. The molecule has 1 fully saturated rings. The van der Waals surface area contributed by atoms with Crippen LogP contribution in [-0.4, -0.2) is 83.9 Å². The van der Waals surface area contributed by atoms with Gasteiger partial charge in [0.2, 0.25) is 5.76 Å². The van der Waals surface area contributed by atoms with E-state index in [1.807, 2.05) is 66.7 Å². The molecule has 0 unspecified atom stereocenters. The second-order valence-electron chi connectivity index (χ2n) is 14.6. The maximum atomic E-state index is 13.6. The van der Waals surface area contributed by atoms with Crippen LogP contribution in [0.4, 0.5) is 0 Å². The van der Waals surface area contributed by atoms with Crippen LogP contribution in [0.5, 0.6) is 0 Å². The Balaban J connectivity index is 2.55. The lowest BCUT2D eigenvalue weighted by Gasteiger charge is -2.50. The zero-order chi connectivity index (χ0) is 37.9. The van der Waals surface area contributed by atoms with Crippen molar-refractivity contribution in [3.63, 3.8) is 0 Å². The summed E-state index contributed by atoms with van der Waals surface area (Å²) in [6.45, 7) is 20.5. The largest absolute Gasteiger partial charge is 0.490 e. The lowest BCUT2D eigenvalue weighted by Crippen LogP contribution is -2.59. The molecule has 0 saturated carbocycles. The monoisotopic (exact) mass is 702 g/mol. The summed E-state index contributed by atoms with van der Waals surface area (Å²) in [6, 6.07) is 0. The Kier molecular flexibility index (Phi) is 16.9. The number of rotatable bonds is 10. The van der Waals surface area contributed by atoms with Gasteiger partial charge in [-0.3, -0.25) is 0 Å². The molecule has 2 heterocycles. The van der Waals surface area contributed by atoms with Crippen molar-refractivity contribution in [2.24, 2.45) is 35.5 Å². The number of aliphatic hydroxyl groups excluding tert-OH is 2. The van der Waals surface area contributed by atoms with Crippen LogP contribution >= 0.6 is 0 Å². The van der Waals surface area contributed by atoms with Gasteiger partial charge >= 0.3 is 11.9 Å². The van der Waals surface area contributed by atoms with Crippen molar-refractivity contribution in [1.29, 1.82) is 0 Å². The Bertz CT molecular complexity index is 1290. The average Bonchev–Trinajstić information content (AvgIpc) is 3.06. The van der Waals surface area contributed by atoms with E-state index in [1.165, 1.54) is 32.4 Å². The molecule has 0 radical (unpaired) electrons. The number of cyclic esters (lactones) is 1. The zero-order valence-electron chi connectivity index (χ0n) is 31.9. The van der Waals surface area contributed by atoms with E-state index in [4.69, 9.17) is 23.7 Å². The molecule has 282 valence electrons. The number of aliphatic hydroxyl groups is 3. The Hall–Kier alpha value is -3.02. The van der Waals surface area contributed by atoms with Crippen LogP contribution in [0.2, 0.25) is 0 Å². The van der Waals surface area contributed by atoms with E-state index < -0.39 is 66.2 Å². The number of carbonyl (C=O) groups is 2. The van der Waals surface area contributed by atoms with Gasteiger partial charge in [0.15, 0.2) is 5.79 Å². The first-order chi connectivity index (χ1) is 23.4. The number of ether oxygens (including phenoxy) is 5. The van der Waals surface area contributed by atoms with E-state index in [0.29, 0.717) is 12.0 Å². The summed E-state index contributed by atoms with van der Waals surface area (Å²) < 4.78 is 29.4. The molecule has 2 rings (SSSR count). The molecule has 0 aliphatic carbocycles. The van der Waals surface area contributed by atoms with E-state index in [9.17, 15) is 24.9 Å². The summed E-state index contributed by atoms with van der Waals surface area (Å²) in [6.07, 6.45) is 8.84. The fraction of sp³-hybridized carbons (Fsp3) is 0.650. The van der Waals surface area contributed by atoms with Gasteiger partial charge in [-0.15, -0.1) is 0 Å². The third-order valence-corrected chi connectivity index (χ3v) is 10.1. The van der Waals surface area contributed by atoms with E-state index in [0.717, 1.165) is 5.57 Å². The normalized spacial score (nSPS) is 37.6. The molecule has 1 saturated heterocycles. The summed E-state index contributed by atoms with van der Waals surface area (Å²) in [5.41, 5.74) is 1.75. The van der Waals surface area contributed by atoms with Crippen molar-refractivity contribution in [2.45, 2.75) is 118 Å². The number of hydrogen-bond donors (Lipinski definition) is 3. The van der Waals surface area contributed by atoms with Gasteiger partial charge in [0.25, 0.3) is 0 Å². The quantitative estimate of drug-likeness (QED) is 0.141. The molecule has 10 nitrogen and oxygen atoms in total. The highest BCUT2D eigenvalue weighted by molar-refractivity contribution is 5.87. The maximum Gasteiger partial charge on any atom is 0.373 e. The molecular weight excluding hydrogens is 640 g/mol. The third-order valence-electron chi connectivity index (χ3n) is 10.1. The van der Waals surface area contributed by atoms with Gasteiger partial charge in [-0.1, -0.05) is 103 Å². The van der Waals surface area contributed by atoms with Crippen LogP contribution < -0.4 is 0 Å². The van der Waals surface area contributed by atoms with Gasteiger partial charge in [-0.05, 0) is 38.2 Å². The van der Waals surface area contributed by atoms with Gasteiger partial charge in [0.1, 0.15) is 18.3 Å². The highest BCUT2D eigenvalue weighted by atomic mass is 16.6. The predicted molar refractivity (Wildman–Crippen MR) is 193 cm³/mol. The maximum absolute atomic E-state index is 13.6. The van der Waals surface area contributed by atoms with Crippen LogP contribution in [-0.2, 0) is 33.3 Å². The van der Waals surface area contributed by atoms with Gasteiger partial charge in [0, 0.05) is 43.3 Å². The highest BCUT2D eigenvalue weighted by Crippen LogP contribution is 2.42. The van der Waals surface area contributed by atoms with Crippen LogP contribution in [0.1, 0.15) is 75.2 Å². The van der Waals surface area contributed by atoms with Crippen molar-refractivity contribution < 1.29 is 48.6 Å². The van der Waals surface area contributed by atoms with Crippen molar-refractivity contribution >= 4 is 11.9 Å². The summed E-state index contributed by atoms with van der Waals surface area (Å²) >= 11 is 0. The molecule has 0 amide bonds. The number of allylic oxidation sites excluding steroid dienone is 7. The molecule has 12 atom stereocenters. The Morgan fingerprint density at radius 1 is 1.12 bits per heavy atom. The molecule has 2 aliphatic rings. The topological polar surface area (TPSA) is 141 Å². The molecule has 2 aliphatic heterocycles. The average molecular weight is 703 g/mol. The SMILES string of the molecule is C=C/C=C/C(=O)O[C@@H]1C[C@](O)([C@@H](C)[C@H](O)[C@H](C)[C@H]2OC(=O)/C(OC)=C/C(C)=C/[C@@H](C)[C@@H](O)[C@@H](C)C/C(C)=C/C=C/[C@@H]2OC)O[C@@H](C(C)C)[C@H]1C. The first-order valence-electron chi connectivity index (χ1n) is 17.7. The summed E-state index contributed by atoms with van der Waals surface area (Å²) in [7, 11) is 2.85. The highest BCUT2D eigenvalue weighted by Gasteiger charge is 2.53. The standard InChI is InChI=1S/C40H62O10/c1-13-14-18-34(41)48-33-22-40(45,50-37(23(2)3)28(33)8)30(10)36(43)29(9)38-31(46-11)17-15-16-24(4)19-26(6)35(42)27(7)20-25(5)21-32(47-12)39(44)49-38/h13-18,20-21,23,26-31,33,35-38,42-43,45H,1,19,22H2,2-12H3/b17-15+,18-14+,24-16+,25-20+,32-21-/t26-,27+,28-,29-,30-,31-,33+,35-,36+,37-,38+,40+/m0/s1. The van der Waals surface area contributed by atoms with Crippen molar-refractivity contribution in [3.05, 3.63) is 72.1 Å². The summed E-state index contributed by atoms with van der Waals surface area (Å²) in [4.78, 5) is 26.2. The van der Waals surface area contributed by atoms with E-state index in [2.05, 4.69) is 6.58 Å². The van der Waals surface area contributed by atoms with Crippen molar-refractivity contribution in [1.82, 2.24) is 0 Å². The Morgan fingerprint density at radius 3 is 2.36 bits per heavy atom. The second kappa shape index (κ2) is 19.6. The Labute approximate surface area is 299 Å². The molecule has 0 aromatic rings. The molecule has 10 heteroatoms. The van der Waals surface area contributed by atoms with Crippen LogP contribution in [0, 0.1) is 35.5 Å². The molecule has 0 aromatic carbocycles. The van der Waals surface area contributed by atoms with Gasteiger partial charge in [-0.2, -0.15) is 0 Å². The van der Waals surface area contributed by atoms with E-state index in [-0.39, 0.29) is 35.9 Å². The van der Waals surface area contributed by atoms with Crippen molar-refractivity contribution in [3.8, 4) is 0 Å². The van der Waals surface area contributed by atoms with Gasteiger partial charge in [-0.25, -0.2) is 9.59 Å². The molecule has 0 spiro atoms. The minimum absolute atomic E-state index is 0.0251. The first kappa shape index (κ1) is 43.1. The number of carbonyl (C=O) groups excluding carboxylic acids is 2.